The van der Waals surface area contributed by atoms with E-state index in [-0.39, 0.29) is 0 Å². The van der Waals surface area contributed by atoms with Crippen molar-refractivity contribution in [3.05, 3.63) is 48.0 Å². The van der Waals surface area contributed by atoms with Gasteiger partial charge in [0.1, 0.15) is 11.5 Å². The number of benzene rings is 3. The summed E-state index contributed by atoms with van der Waals surface area (Å²) in [6.45, 7) is 6.03. The van der Waals surface area contributed by atoms with Gasteiger partial charge in [-0.1, -0.05) is 95.2 Å². The molecule has 0 spiro atoms. The maximum Gasteiger partial charge on any atom is 0.135 e. The molecule has 3 aromatic rings. The summed E-state index contributed by atoms with van der Waals surface area (Å²) in [7, 11) is 0. The summed E-state index contributed by atoms with van der Waals surface area (Å²) < 4.78 is 13.0. The van der Waals surface area contributed by atoms with E-state index in [1.807, 2.05) is 0 Å². The Labute approximate surface area is 194 Å². The predicted octanol–water partition coefficient (Wildman–Crippen LogP) is 9.18. The van der Waals surface area contributed by atoms with E-state index in [2.05, 4.69) is 56.3 Å². The summed E-state index contributed by atoms with van der Waals surface area (Å²) in [5.41, 5.74) is 1.47. The van der Waals surface area contributed by atoms with Gasteiger partial charge in [-0.25, -0.2) is 0 Å². The molecule has 1 aliphatic carbocycles. The maximum absolute atomic E-state index is 6.52. The Balaban J connectivity index is 1.80. The molecule has 0 bridgehead atoms. The number of unbranched alkanes of at least 4 members (excludes halogenated alkanes) is 4. The third-order valence-corrected chi connectivity index (χ3v) is 7.01. The van der Waals surface area contributed by atoms with Crippen molar-refractivity contribution < 1.29 is 9.47 Å². The number of ether oxygens (including phenoxy) is 2. The van der Waals surface area contributed by atoms with Crippen molar-refractivity contribution in [2.75, 3.05) is 13.2 Å². The van der Waals surface area contributed by atoms with Gasteiger partial charge in [-0.2, -0.15) is 0 Å². The molecule has 0 unspecified atom stereocenters. The van der Waals surface area contributed by atoms with Crippen LogP contribution >= 0.6 is 0 Å². The summed E-state index contributed by atoms with van der Waals surface area (Å²) in [6, 6.07) is 15.7. The predicted molar refractivity (Wildman–Crippen MR) is 137 cm³/mol. The molecule has 4 rings (SSSR count). The molecule has 32 heavy (non-hydrogen) atoms. The fourth-order valence-electron chi connectivity index (χ4n) is 5.17. The molecule has 0 aromatic heterocycles. The maximum atomic E-state index is 6.52. The third-order valence-electron chi connectivity index (χ3n) is 7.01. The molecule has 0 radical (unpaired) electrons. The zero-order valence-corrected chi connectivity index (χ0v) is 20.1. The molecule has 0 aliphatic heterocycles. The minimum Gasteiger partial charge on any atom is -0.492 e. The van der Waals surface area contributed by atoms with Gasteiger partial charge in [-0.15, -0.1) is 0 Å². The smallest absolute Gasteiger partial charge is 0.135 e. The molecule has 0 N–H and O–H groups in total. The number of fused-ring (bicyclic) bond motifs is 2. The summed E-state index contributed by atoms with van der Waals surface area (Å²) >= 11 is 0. The lowest BCUT2D eigenvalue weighted by Crippen LogP contribution is -2.06. The molecule has 0 heterocycles. The molecular weight excluding hydrogens is 392 g/mol. The van der Waals surface area contributed by atoms with Gasteiger partial charge in [0.2, 0.25) is 0 Å². The van der Waals surface area contributed by atoms with Crippen LogP contribution in [-0.4, -0.2) is 13.2 Å². The highest BCUT2D eigenvalue weighted by atomic mass is 16.5. The largest absolute Gasteiger partial charge is 0.492 e. The fourth-order valence-corrected chi connectivity index (χ4v) is 5.17. The normalized spacial score (nSPS) is 14.8. The molecular formula is C30H40O2. The van der Waals surface area contributed by atoms with E-state index in [1.165, 1.54) is 84.9 Å². The molecule has 1 aliphatic rings. The van der Waals surface area contributed by atoms with Crippen molar-refractivity contribution in [1.82, 2.24) is 0 Å². The average molecular weight is 433 g/mol. The summed E-state index contributed by atoms with van der Waals surface area (Å²) in [5.74, 6) is 2.76. The molecule has 2 heteroatoms. The van der Waals surface area contributed by atoms with Gasteiger partial charge < -0.3 is 9.47 Å². The lowest BCUT2D eigenvalue weighted by atomic mass is 9.83. The first-order valence-electron chi connectivity index (χ1n) is 13.1. The summed E-state index contributed by atoms with van der Waals surface area (Å²) in [4.78, 5) is 0. The number of hydrogen-bond acceptors (Lipinski definition) is 2. The first-order valence-corrected chi connectivity index (χ1v) is 13.1. The van der Waals surface area contributed by atoms with Gasteiger partial charge >= 0.3 is 0 Å². The van der Waals surface area contributed by atoms with Gasteiger partial charge in [-0.3, -0.25) is 0 Å². The van der Waals surface area contributed by atoms with Crippen molar-refractivity contribution in [3.63, 3.8) is 0 Å². The Morgan fingerprint density at radius 1 is 0.656 bits per heavy atom. The molecule has 3 aromatic carbocycles. The van der Waals surface area contributed by atoms with E-state index in [1.54, 1.807) is 0 Å². The molecule has 1 saturated carbocycles. The van der Waals surface area contributed by atoms with Crippen molar-refractivity contribution in [3.8, 4) is 11.5 Å². The van der Waals surface area contributed by atoms with Crippen LogP contribution in [0.2, 0.25) is 0 Å². The Morgan fingerprint density at radius 2 is 1.22 bits per heavy atom. The van der Waals surface area contributed by atoms with Crippen LogP contribution in [0, 0.1) is 0 Å². The van der Waals surface area contributed by atoms with Crippen LogP contribution in [0.25, 0.3) is 21.5 Å². The second-order valence-corrected chi connectivity index (χ2v) is 9.45. The van der Waals surface area contributed by atoms with E-state index in [9.17, 15) is 0 Å². The van der Waals surface area contributed by atoms with E-state index in [0.29, 0.717) is 5.92 Å². The SMILES string of the molecule is CCCCCOc1c2ccccc2c(OCCCCC)c2cc(C3CCCCC3)ccc12. The van der Waals surface area contributed by atoms with E-state index < -0.39 is 0 Å². The van der Waals surface area contributed by atoms with Crippen molar-refractivity contribution in [2.24, 2.45) is 0 Å². The van der Waals surface area contributed by atoms with Crippen LogP contribution in [0.4, 0.5) is 0 Å². The van der Waals surface area contributed by atoms with E-state index in [0.717, 1.165) is 37.6 Å². The monoisotopic (exact) mass is 432 g/mol. The van der Waals surface area contributed by atoms with Crippen molar-refractivity contribution in [2.45, 2.75) is 90.4 Å². The first kappa shape index (κ1) is 23.0. The topological polar surface area (TPSA) is 18.5 Å². The van der Waals surface area contributed by atoms with Gasteiger partial charge in [-0.05, 0) is 43.2 Å². The Kier molecular flexibility index (Phi) is 8.31. The van der Waals surface area contributed by atoms with Crippen molar-refractivity contribution in [1.29, 1.82) is 0 Å². The Bertz CT molecular complexity index is 1000. The molecule has 2 nitrogen and oxygen atoms in total. The molecule has 0 saturated heterocycles. The highest BCUT2D eigenvalue weighted by molar-refractivity contribution is 6.11. The quantitative estimate of drug-likeness (QED) is 0.222. The van der Waals surface area contributed by atoms with E-state index >= 15 is 0 Å². The molecule has 172 valence electrons. The van der Waals surface area contributed by atoms with Gasteiger partial charge in [0, 0.05) is 21.5 Å². The Morgan fingerprint density at radius 3 is 1.81 bits per heavy atom. The summed E-state index contributed by atoms with van der Waals surface area (Å²) in [5, 5.41) is 4.79. The van der Waals surface area contributed by atoms with Gasteiger partial charge in [0.05, 0.1) is 13.2 Å². The standard InChI is InChI=1S/C30H40O2/c1-3-5-12-20-31-29-25-16-10-11-17-26(25)30(32-21-13-6-4-2)28-22-24(18-19-27(28)29)23-14-8-7-9-15-23/h10-11,16-19,22-23H,3-9,12-15,20-21H2,1-2H3. The summed E-state index contributed by atoms with van der Waals surface area (Å²) in [6.07, 6.45) is 13.8. The lowest BCUT2D eigenvalue weighted by Gasteiger charge is -2.24. The highest BCUT2D eigenvalue weighted by Gasteiger charge is 2.20. The van der Waals surface area contributed by atoms with Crippen molar-refractivity contribution >= 4 is 21.5 Å². The molecule has 0 amide bonds. The van der Waals surface area contributed by atoms with Crippen LogP contribution in [-0.2, 0) is 0 Å². The van der Waals surface area contributed by atoms with Crippen LogP contribution in [0.1, 0.15) is 96.0 Å². The molecule has 0 atom stereocenters. The van der Waals surface area contributed by atoms with Crippen LogP contribution in [0.15, 0.2) is 42.5 Å². The average Bonchev–Trinajstić information content (AvgIpc) is 2.85. The second kappa shape index (κ2) is 11.6. The number of hydrogen-bond donors (Lipinski definition) is 0. The molecule has 1 fully saturated rings. The lowest BCUT2D eigenvalue weighted by molar-refractivity contribution is 0.308. The van der Waals surface area contributed by atoms with Crippen LogP contribution < -0.4 is 9.47 Å². The van der Waals surface area contributed by atoms with Gasteiger partial charge in [0.25, 0.3) is 0 Å². The zero-order chi connectivity index (χ0) is 22.2. The minimum absolute atomic E-state index is 0.682. The third kappa shape index (κ3) is 5.22. The number of rotatable bonds is 11. The first-order chi connectivity index (χ1) is 15.8. The minimum atomic E-state index is 0.682. The highest BCUT2D eigenvalue weighted by Crippen LogP contribution is 2.45. The Hall–Kier alpha value is -2.22. The fraction of sp³-hybridized carbons (Fsp3) is 0.533. The van der Waals surface area contributed by atoms with Crippen LogP contribution in [0.5, 0.6) is 11.5 Å². The van der Waals surface area contributed by atoms with Gasteiger partial charge in [0.15, 0.2) is 0 Å². The zero-order valence-electron chi connectivity index (χ0n) is 20.1. The van der Waals surface area contributed by atoms with E-state index in [4.69, 9.17) is 9.47 Å². The van der Waals surface area contributed by atoms with Crippen LogP contribution in [0.3, 0.4) is 0 Å². The second-order valence-electron chi connectivity index (χ2n) is 9.45.